The number of anilines is 1. The van der Waals surface area contributed by atoms with E-state index in [1.54, 1.807) is 26.2 Å². The fraction of sp³-hybridized carbons (Fsp3) is 0.438. The van der Waals surface area contributed by atoms with Gasteiger partial charge in [0.25, 0.3) is 0 Å². The molecule has 1 unspecified atom stereocenters. The largest absolute Gasteiger partial charge is 0.479 e. The fourth-order valence-electron chi connectivity index (χ4n) is 1.75. The third-order valence-electron chi connectivity index (χ3n) is 3.14. The monoisotopic (exact) mass is 337 g/mol. The number of amides is 3. The van der Waals surface area contributed by atoms with Crippen LogP contribution in [0.5, 0.6) is 0 Å². The summed E-state index contributed by atoms with van der Waals surface area (Å²) in [4.78, 5) is 35.9. The van der Waals surface area contributed by atoms with E-state index in [0.717, 1.165) is 6.42 Å². The van der Waals surface area contributed by atoms with Gasteiger partial charge in [0.2, 0.25) is 0 Å². The molecule has 1 atom stereocenters. The molecule has 1 aromatic carbocycles. The van der Waals surface area contributed by atoms with E-state index in [1.807, 2.05) is 6.92 Å². The molecule has 0 aliphatic heterocycles. The first-order valence-corrected chi connectivity index (χ1v) is 7.59. The molecule has 3 amide bonds. The van der Waals surface area contributed by atoms with E-state index in [0.29, 0.717) is 17.7 Å². The van der Waals surface area contributed by atoms with Crippen molar-refractivity contribution in [1.29, 1.82) is 0 Å². The van der Waals surface area contributed by atoms with Crippen molar-refractivity contribution in [2.75, 3.05) is 26.0 Å². The first-order valence-electron chi connectivity index (χ1n) is 7.59. The molecule has 0 aliphatic rings. The summed E-state index contributed by atoms with van der Waals surface area (Å²) >= 11 is 0. The number of carbonyl (C=O) groups is 3. The van der Waals surface area contributed by atoms with E-state index in [9.17, 15) is 19.5 Å². The van der Waals surface area contributed by atoms with Crippen molar-refractivity contribution in [3.63, 3.8) is 0 Å². The van der Waals surface area contributed by atoms with Gasteiger partial charge in [0.1, 0.15) is 0 Å². The van der Waals surface area contributed by atoms with Crippen molar-refractivity contribution < 1.29 is 24.2 Å². The lowest BCUT2D eigenvalue weighted by Crippen LogP contribution is -2.34. The normalized spacial score (nSPS) is 11.3. The summed E-state index contributed by atoms with van der Waals surface area (Å²) in [6.07, 6.45) is 0.808. The van der Waals surface area contributed by atoms with Gasteiger partial charge in [0.15, 0.2) is 6.04 Å². The Hall–Kier alpha value is -2.77. The molecular weight excluding hydrogens is 314 g/mol. The number of unbranched alkanes of at least 4 members (excludes halogenated alkanes) is 1. The van der Waals surface area contributed by atoms with Crippen molar-refractivity contribution in [3.05, 3.63) is 29.8 Å². The van der Waals surface area contributed by atoms with Crippen LogP contribution in [0, 0.1) is 0 Å². The van der Waals surface area contributed by atoms with Gasteiger partial charge in [-0.1, -0.05) is 25.5 Å². The van der Waals surface area contributed by atoms with Crippen LogP contribution in [0.2, 0.25) is 0 Å². The van der Waals surface area contributed by atoms with Crippen molar-refractivity contribution >= 4 is 23.8 Å². The molecule has 3 N–H and O–H groups in total. The number of nitrogens with one attached hydrogen (secondary N) is 2. The zero-order chi connectivity index (χ0) is 18.1. The number of carbonyl (C=O) groups excluding carboxylic acids is 2. The molecule has 24 heavy (non-hydrogen) atoms. The first kappa shape index (κ1) is 19.3. The first-order chi connectivity index (χ1) is 11.3. The highest BCUT2D eigenvalue weighted by atomic mass is 16.5. The van der Waals surface area contributed by atoms with Gasteiger partial charge in [-0.05, 0) is 24.1 Å². The highest BCUT2D eigenvalue weighted by Crippen LogP contribution is 2.17. The van der Waals surface area contributed by atoms with Crippen LogP contribution in [-0.4, -0.2) is 48.8 Å². The fourth-order valence-corrected chi connectivity index (χ4v) is 1.75. The molecule has 0 aliphatic carbocycles. The second kappa shape index (κ2) is 9.39. The molecule has 0 fully saturated rings. The van der Waals surface area contributed by atoms with Crippen LogP contribution in [0.15, 0.2) is 24.3 Å². The van der Waals surface area contributed by atoms with Crippen LogP contribution in [0.25, 0.3) is 0 Å². The number of hydrogen-bond acceptors (Lipinski definition) is 4. The van der Waals surface area contributed by atoms with Gasteiger partial charge in [0.05, 0.1) is 6.61 Å². The van der Waals surface area contributed by atoms with Crippen LogP contribution >= 0.6 is 0 Å². The molecule has 0 radical (unpaired) electrons. The molecule has 0 saturated carbocycles. The Labute approximate surface area is 140 Å². The standard InChI is InChI=1S/C16H23N3O5/c1-4-5-10-24-16(23)18-13(14(20)21)11-6-8-12(9-7-11)17-15(22)19(2)3/h6-9,13H,4-5,10H2,1-3H3,(H,17,22)(H,18,23)(H,20,21). The zero-order valence-corrected chi connectivity index (χ0v) is 14.0. The van der Waals surface area contributed by atoms with Gasteiger partial charge in [-0.3, -0.25) is 0 Å². The summed E-state index contributed by atoms with van der Waals surface area (Å²) in [6.45, 7) is 2.20. The Bertz CT molecular complexity index is 572. The number of carboxylic acid groups (broad SMARTS) is 1. The van der Waals surface area contributed by atoms with Crippen molar-refractivity contribution in [2.45, 2.75) is 25.8 Å². The Morgan fingerprint density at radius 1 is 1.21 bits per heavy atom. The van der Waals surface area contributed by atoms with E-state index in [1.165, 1.54) is 17.0 Å². The molecule has 1 aromatic rings. The predicted octanol–water partition coefficient (Wildman–Crippen LogP) is 2.43. The quantitative estimate of drug-likeness (QED) is 0.662. The van der Waals surface area contributed by atoms with Crippen molar-refractivity contribution in [1.82, 2.24) is 10.2 Å². The number of hydrogen-bond donors (Lipinski definition) is 3. The number of nitrogens with zero attached hydrogens (tertiary/aromatic N) is 1. The lowest BCUT2D eigenvalue weighted by molar-refractivity contribution is -0.139. The summed E-state index contributed by atoms with van der Waals surface area (Å²) in [6, 6.07) is 4.66. The number of benzene rings is 1. The molecule has 0 spiro atoms. The maximum absolute atomic E-state index is 11.6. The number of urea groups is 1. The summed E-state index contributed by atoms with van der Waals surface area (Å²) in [7, 11) is 3.22. The van der Waals surface area contributed by atoms with Crippen LogP contribution in [0.4, 0.5) is 15.3 Å². The van der Waals surface area contributed by atoms with Gasteiger partial charge in [0, 0.05) is 19.8 Å². The van der Waals surface area contributed by atoms with Gasteiger partial charge in [-0.15, -0.1) is 0 Å². The van der Waals surface area contributed by atoms with E-state index < -0.39 is 18.1 Å². The minimum absolute atomic E-state index is 0.240. The van der Waals surface area contributed by atoms with Gasteiger partial charge in [-0.2, -0.15) is 0 Å². The number of aliphatic carboxylic acids is 1. The molecule has 0 saturated heterocycles. The van der Waals surface area contributed by atoms with Crippen LogP contribution < -0.4 is 10.6 Å². The topological polar surface area (TPSA) is 108 Å². The Kier molecular flexibility index (Phi) is 7.54. The zero-order valence-electron chi connectivity index (χ0n) is 14.0. The van der Waals surface area contributed by atoms with Gasteiger partial charge in [-0.25, -0.2) is 14.4 Å². The minimum atomic E-state index is -1.22. The van der Waals surface area contributed by atoms with Gasteiger partial charge < -0.3 is 25.4 Å². The highest BCUT2D eigenvalue weighted by molar-refractivity contribution is 5.89. The SMILES string of the molecule is CCCCOC(=O)NC(C(=O)O)c1ccc(NC(=O)N(C)C)cc1. The maximum Gasteiger partial charge on any atom is 0.408 e. The summed E-state index contributed by atoms with van der Waals surface area (Å²) in [5, 5.41) is 14.2. The van der Waals surface area contributed by atoms with Gasteiger partial charge >= 0.3 is 18.1 Å². The van der Waals surface area contributed by atoms with E-state index >= 15 is 0 Å². The molecule has 132 valence electrons. The minimum Gasteiger partial charge on any atom is -0.479 e. The second-order valence-electron chi connectivity index (χ2n) is 5.35. The van der Waals surface area contributed by atoms with E-state index in [-0.39, 0.29) is 12.6 Å². The molecule has 0 heterocycles. The lowest BCUT2D eigenvalue weighted by Gasteiger charge is -2.16. The lowest BCUT2D eigenvalue weighted by atomic mass is 10.1. The molecule has 0 aromatic heterocycles. The van der Waals surface area contributed by atoms with Crippen molar-refractivity contribution in [2.24, 2.45) is 0 Å². The summed E-state index contributed by atoms with van der Waals surface area (Å²) in [5.41, 5.74) is 0.893. The summed E-state index contributed by atoms with van der Waals surface area (Å²) in [5.74, 6) is -1.20. The third-order valence-corrected chi connectivity index (χ3v) is 3.14. The second-order valence-corrected chi connectivity index (χ2v) is 5.35. The number of ether oxygens (including phenoxy) is 1. The number of alkyl carbamates (subject to hydrolysis) is 1. The molecule has 0 bridgehead atoms. The Morgan fingerprint density at radius 3 is 2.33 bits per heavy atom. The third kappa shape index (κ3) is 6.15. The molecular formula is C16H23N3O5. The van der Waals surface area contributed by atoms with E-state index in [4.69, 9.17) is 4.74 Å². The average Bonchev–Trinajstić information content (AvgIpc) is 2.53. The smallest absolute Gasteiger partial charge is 0.408 e. The Balaban J connectivity index is 2.73. The predicted molar refractivity (Wildman–Crippen MR) is 88.9 cm³/mol. The molecule has 8 nitrogen and oxygen atoms in total. The van der Waals surface area contributed by atoms with E-state index in [2.05, 4.69) is 10.6 Å². The van der Waals surface area contributed by atoms with Crippen LogP contribution in [0.3, 0.4) is 0 Å². The maximum atomic E-state index is 11.6. The molecule has 1 rings (SSSR count). The molecule has 8 heteroatoms. The Morgan fingerprint density at radius 2 is 1.83 bits per heavy atom. The number of carboxylic acids is 1. The number of rotatable bonds is 7. The summed E-state index contributed by atoms with van der Waals surface area (Å²) < 4.78 is 4.91. The average molecular weight is 337 g/mol. The highest BCUT2D eigenvalue weighted by Gasteiger charge is 2.22. The van der Waals surface area contributed by atoms with Crippen LogP contribution in [-0.2, 0) is 9.53 Å². The van der Waals surface area contributed by atoms with Crippen LogP contribution in [0.1, 0.15) is 31.4 Å². The van der Waals surface area contributed by atoms with Crippen molar-refractivity contribution in [3.8, 4) is 0 Å².